The van der Waals surface area contributed by atoms with Gasteiger partial charge in [0, 0.05) is 19.0 Å². The third-order valence-electron chi connectivity index (χ3n) is 3.08. The van der Waals surface area contributed by atoms with Crippen molar-refractivity contribution in [2.75, 3.05) is 11.4 Å². The number of rotatable bonds is 7. The molecule has 2 rings (SSSR count). The molecule has 0 aliphatic heterocycles. The molecule has 1 aromatic carbocycles. The summed E-state index contributed by atoms with van der Waals surface area (Å²) in [5, 5.41) is 18.8. The number of benzene rings is 1. The van der Waals surface area contributed by atoms with E-state index >= 15 is 0 Å². The monoisotopic (exact) mass is 323 g/mol. The van der Waals surface area contributed by atoms with Crippen LogP contribution in [0.4, 0.5) is 9.52 Å². The number of carboxylic acid groups (broad SMARTS) is 1. The van der Waals surface area contributed by atoms with Gasteiger partial charge in [0.15, 0.2) is 0 Å². The van der Waals surface area contributed by atoms with Gasteiger partial charge >= 0.3 is 5.97 Å². The second kappa shape index (κ2) is 7.31. The molecule has 0 saturated heterocycles. The van der Waals surface area contributed by atoms with E-state index in [4.69, 9.17) is 5.11 Å². The van der Waals surface area contributed by atoms with E-state index in [-0.39, 0.29) is 18.2 Å². The molecule has 0 aliphatic carbocycles. The molecule has 0 unspecified atom stereocenters. The number of carboxylic acids is 1. The van der Waals surface area contributed by atoms with Crippen LogP contribution in [0.25, 0.3) is 0 Å². The van der Waals surface area contributed by atoms with Crippen molar-refractivity contribution in [3.8, 4) is 0 Å². The highest BCUT2D eigenvalue weighted by Crippen LogP contribution is 2.27. The van der Waals surface area contributed by atoms with Crippen molar-refractivity contribution in [1.82, 2.24) is 10.2 Å². The maximum Gasteiger partial charge on any atom is 0.305 e. The Bertz CT molecular complexity index is 628. The predicted molar refractivity (Wildman–Crippen MR) is 83.7 cm³/mol. The van der Waals surface area contributed by atoms with Crippen LogP contribution in [0.1, 0.15) is 36.8 Å². The van der Waals surface area contributed by atoms with E-state index in [1.165, 1.54) is 23.5 Å². The van der Waals surface area contributed by atoms with Gasteiger partial charge < -0.3 is 10.0 Å². The van der Waals surface area contributed by atoms with Crippen LogP contribution in [-0.2, 0) is 11.3 Å². The van der Waals surface area contributed by atoms with Gasteiger partial charge in [-0.15, -0.1) is 10.2 Å². The van der Waals surface area contributed by atoms with Crippen molar-refractivity contribution in [2.45, 2.75) is 32.7 Å². The fourth-order valence-electron chi connectivity index (χ4n) is 1.87. The van der Waals surface area contributed by atoms with Crippen LogP contribution in [0, 0.1) is 5.82 Å². The van der Waals surface area contributed by atoms with Crippen LogP contribution < -0.4 is 4.90 Å². The van der Waals surface area contributed by atoms with Gasteiger partial charge in [-0.2, -0.15) is 0 Å². The highest BCUT2D eigenvalue weighted by molar-refractivity contribution is 7.15. The Hall–Kier alpha value is -2.02. The lowest BCUT2D eigenvalue weighted by atomic mass is 10.2. The number of hydrogen-bond donors (Lipinski definition) is 1. The highest BCUT2D eigenvalue weighted by atomic mass is 32.1. The Morgan fingerprint density at radius 2 is 2.00 bits per heavy atom. The number of halogens is 1. The molecular formula is C15H18FN3O2S. The van der Waals surface area contributed by atoms with Crippen LogP contribution in [0.2, 0.25) is 0 Å². The molecule has 0 radical (unpaired) electrons. The lowest BCUT2D eigenvalue weighted by Crippen LogP contribution is -2.25. The molecule has 22 heavy (non-hydrogen) atoms. The number of hydrogen-bond acceptors (Lipinski definition) is 5. The molecule has 0 aliphatic rings. The lowest BCUT2D eigenvalue weighted by Gasteiger charge is -2.20. The maximum absolute atomic E-state index is 13.0. The standard InChI is InChI=1S/C15H18FN3O2S/c1-10(2)14-17-18-15(22-14)19(8-7-13(20)21)9-11-3-5-12(16)6-4-11/h3-6,10H,7-9H2,1-2H3,(H,20,21). The Morgan fingerprint density at radius 3 is 2.55 bits per heavy atom. The summed E-state index contributed by atoms with van der Waals surface area (Å²) in [6.45, 7) is 4.87. The smallest absolute Gasteiger partial charge is 0.305 e. The van der Waals surface area contributed by atoms with Crippen molar-refractivity contribution in [3.63, 3.8) is 0 Å². The van der Waals surface area contributed by atoms with Gasteiger partial charge in [-0.25, -0.2) is 4.39 Å². The predicted octanol–water partition coefficient (Wildman–Crippen LogP) is 3.28. The first kappa shape index (κ1) is 16.4. The first-order valence-electron chi connectivity index (χ1n) is 7.00. The van der Waals surface area contributed by atoms with E-state index in [1.807, 2.05) is 18.7 Å². The molecule has 2 aromatic rings. The van der Waals surface area contributed by atoms with Gasteiger partial charge in [-0.05, 0) is 17.7 Å². The molecule has 0 atom stereocenters. The van der Waals surface area contributed by atoms with Gasteiger partial charge in [0.1, 0.15) is 10.8 Å². The molecule has 1 N–H and O–H groups in total. The quantitative estimate of drug-likeness (QED) is 0.847. The van der Waals surface area contributed by atoms with Gasteiger partial charge in [0.2, 0.25) is 5.13 Å². The average Bonchev–Trinajstić information content (AvgIpc) is 2.95. The SMILES string of the molecule is CC(C)c1nnc(N(CCC(=O)O)Cc2ccc(F)cc2)s1. The molecular weight excluding hydrogens is 305 g/mol. The minimum absolute atomic E-state index is 0.0117. The summed E-state index contributed by atoms with van der Waals surface area (Å²) in [7, 11) is 0. The zero-order valence-electron chi connectivity index (χ0n) is 12.5. The summed E-state index contributed by atoms with van der Waals surface area (Å²) >= 11 is 1.46. The van der Waals surface area contributed by atoms with E-state index in [9.17, 15) is 9.18 Å². The summed E-state index contributed by atoms with van der Waals surface area (Å²) in [4.78, 5) is 12.7. The Labute approximate surface area is 132 Å². The highest BCUT2D eigenvalue weighted by Gasteiger charge is 2.16. The van der Waals surface area contributed by atoms with Crippen molar-refractivity contribution in [1.29, 1.82) is 0 Å². The molecule has 0 saturated carbocycles. The summed E-state index contributed by atoms with van der Waals surface area (Å²) in [5.41, 5.74) is 0.896. The fraction of sp³-hybridized carbons (Fsp3) is 0.400. The first-order valence-corrected chi connectivity index (χ1v) is 7.82. The first-order chi connectivity index (χ1) is 10.5. The van der Waals surface area contributed by atoms with E-state index in [0.717, 1.165) is 10.6 Å². The molecule has 1 aromatic heterocycles. The summed E-state index contributed by atoms with van der Waals surface area (Å²) < 4.78 is 13.0. The maximum atomic E-state index is 13.0. The molecule has 0 amide bonds. The fourth-order valence-corrected chi connectivity index (χ4v) is 2.74. The molecule has 0 bridgehead atoms. The zero-order chi connectivity index (χ0) is 16.1. The number of nitrogens with zero attached hydrogens (tertiary/aromatic N) is 3. The minimum Gasteiger partial charge on any atom is -0.481 e. The van der Waals surface area contributed by atoms with Gasteiger partial charge in [-0.3, -0.25) is 4.79 Å². The van der Waals surface area contributed by atoms with Crippen LogP contribution in [0.5, 0.6) is 0 Å². The molecule has 0 spiro atoms. The number of aromatic nitrogens is 2. The zero-order valence-corrected chi connectivity index (χ0v) is 13.3. The Morgan fingerprint density at radius 1 is 1.32 bits per heavy atom. The van der Waals surface area contributed by atoms with Crippen molar-refractivity contribution in [3.05, 3.63) is 40.7 Å². The summed E-state index contributed by atoms with van der Waals surface area (Å²) in [5.74, 6) is -0.880. The molecule has 0 fully saturated rings. The van der Waals surface area contributed by atoms with Crippen LogP contribution in [0.3, 0.4) is 0 Å². The molecule has 118 valence electrons. The van der Waals surface area contributed by atoms with Gasteiger partial charge in [0.05, 0.1) is 6.42 Å². The average molecular weight is 323 g/mol. The van der Waals surface area contributed by atoms with E-state index < -0.39 is 5.97 Å². The van der Waals surface area contributed by atoms with E-state index in [2.05, 4.69) is 10.2 Å². The Kier molecular flexibility index (Phi) is 5.43. The van der Waals surface area contributed by atoms with Crippen LogP contribution in [0.15, 0.2) is 24.3 Å². The van der Waals surface area contributed by atoms with E-state index in [0.29, 0.717) is 18.2 Å². The molecule has 5 nitrogen and oxygen atoms in total. The molecule has 1 heterocycles. The normalized spacial score (nSPS) is 10.9. The van der Waals surface area contributed by atoms with Gasteiger partial charge in [0.25, 0.3) is 0 Å². The second-order valence-electron chi connectivity index (χ2n) is 5.27. The largest absolute Gasteiger partial charge is 0.481 e. The third kappa shape index (κ3) is 4.49. The Balaban J connectivity index is 2.17. The van der Waals surface area contributed by atoms with Crippen LogP contribution in [-0.4, -0.2) is 27.8 Å². The topological polar surface area (TPSA) is 66.3 Å². The minimum atomic E-state index is -0.863. The number of aliphatic carboxylic acids is 1. The third-order valence-corrected chi connectivity index (χ3v) is 4.36. The van der Waals surface area contributed by atoms with Crippen LogP contribution >= 0.6 is 11.3 Å². The van der Waals surface area contributed by atoms with Crippen molar-refractivity contribution in [2.24, 2.45) is 0 Å². The van der Waals surface area contributed by atoms with Gasteiger partial charge in [-0.1, -0.05) is 37.3 Å². The van der Waals surface area contributed by atoms with Crippen molar-refractivity contribution < 1.29 is 14.3 Å². The summed E-state index contributed by atoms with van der Waals surface area (Å²) in [6, 6.07) is 6.16. The lowest BCUT2D eigenvalue weighted by molar-refractivity contribution is -0.136. The number of carbonyl (C=O) groups is 1. The second-order valence-corrected chi connectivity index (χ2v) is 6.26. The number of anilines is 1. The van der Waals surface area contributed by atoms with Crippen molar-refractivity contribution >= 4 is 22.4 Å². The molecule has 7 heteroatoms. The summed E-state index contributed by atoms with van der Waals surface area (Å²) in [6.07, 6.45) is 0.0117. The van der Waals surface area contributed by atoms with E-state index in [1.54, 1.807) is 12.1 Å².